The maximum Gasteiger partial charge on any atom is 0.165 e. The Morgan fingerprint density at radius 1 is 1.32 bits per heavy atom. The summed E-state index contributed by atoms with van der Waals surface area (Å²) in [6.45, 7) is 2.22. The van der Waals surface area contributed by atoms with Gasteiger partial charge in [-0.1, -0.05) is 13.0 Å². The normalized spacial score (nSPS) is 11.5. The van der Waals surface area contributed by atoms with Gasteiger partial charge in [0.2, 0.25) is 0 Å². The molecule has 0 radical (unpaired) electrons. The first-order valence-electron chi connectivity index (χ1n) is 6.30. The van der Waals surface area contributed by atoms with Crippen LogP contribution in [0.1, 0.15) is 18.9 Å². The maximum atomic E-state index is 13.6. The zero-order chi connectivity index (χ0) is 14.3. The van der Waals surface area contributed by atoms with E-state index in [4.69, 9.17) is 10.5 Å². The summed E-state index contributed by atoms with van der Waals surface area (Å²) in [6, 6.07) is 4.60. The molecule has 19 heavy (non-hydrogen) atoms. The molecule has 0 bridgehead atoms. The van der Waals surface area contributed by atoms with Gasteiger partial charge in [-0.05, 0) is 37.1 Å². The smallest absolute Gasteiger partial charge is 0.165 e. The highest BCUT2D eigenvalue weighted by Gasteiger charge is 2.11. The van der Waals surface area contributed by atoms with Crippen LogP contribution in [0.5, 0.6) is 5.75 Å². The second-order valence-corrected chi connectivity index (χ2v) is 6.61. The lowest BCUT2D eigenvalue weighted by Crippen LogP contribution is -2.17. The van der Waals surface area contributed by atoms with E-state index in [2.05, 4.69) is 0 Å². The third kappa shape index (κ3) is 5.57. The second kappa shape index (κ2) is 7.45. The van der Waals surface area contributed by atoms with Gasteiger partial charge < -0.3 is 10.5 Å². The number of rotatable bonds is 8. The Morgan fingerprint density at radius 3 is 2.63 bits per heavy atom. The third-order valence-corrected chi connectivity index (χ3v) is 4.42. The van der Waals surface area contributed by atoms with E-state index >= 15 is 0 Å². The van der Waals surface area contributed by atoms with Crippen LogP contribution in [0.2, 0.25) is 0 Å². The van der Waals surface area contributed by atoms with Crippen LogP contribution in [0.3, 0.4) is 0 Å². The number of ether oxygens (including phenoxy) is 1. The van der Waals surface area contributed by atoms with E-state index in [1.807, 2.05) is 0 Å². The molecule has 0 aliphatic carbocycles. The molecule has 0 spiro atoms. The molecule has 0 saturated heterocycles. The average molecular weight is 289 g/mol. The molecule has 0 fully saturated rings. The molecule has 0 aliphatic rings. The van der Waals surface area contributed by atoms with Crippen molar-refractivity contribution in [2.24, 2.45) is 5.73 Å². The van der Waals surface area contributed by atoms with E-state index in [1.165, 1.54) is 12.1 Å². The molecule has 0 atom stereocenters. The van der Waals surface area contributed by atoms with Crippen LogP contribution in [0.4, 0.5) is 4.39 Å². The van der Waals surface area contributed by atoms with Crippen molar-refractivity contribution in [1.29, 1.82) is 0 Å². The molecular weight excluding hydrogens is 269 g/mol. The van der Waals surface area contributed by atoms with Gasteiger partial charge in [0.25, 0.3) is 0 Å². The highest BCUT2D eigenvalue weighted by Crippen LogP contribution is 2.18. The molecular formula is C13H20FNO3S. The summed E-state index contributed by atoms with van der Waals surface area (Å²) in [6.07, 6.45) is 1.17. The molecule has 0 aliphatic heterocycles. The molecule has 4 nitrogen and oxygen atoms in total. The van der Waals surface area contributed by atoms with Gasteiger partial charge in [0, 0.05) is 0 Å². The van der Waals surface area contributed by atoms with Gasteiger partial charge in [-0.3, -0.25) is 0 Å². The average Bonchev–Trinajstić information content (AvgIpc) is 2.32. The molecule has 1 aromatic carbocycles. The van der Waals surface area contributed by atoms with Gasteiger partial charge in [0.15, 0.2) is 21.4 Å². The van der Waals surface area contributed by atoms with Crippen molar-refractivity contribution in [2.45, 2.75) is 19.8 Å². The minimum Gasteiger partial charge on any atom is -0.489 e. The molecule has 0 aromatic heterocycles. The lowest BCUT2D eigenvalue weighted by atomic mass is 10.1. The van der Waals surface area contributed by atoms with Crippen molar-refractivity contribution in [1.82, 2.24) is 0 Å². The van der Waals surface area contributed by atoms with Crippen LogP contribution in [0, 0.1) is 5.82 Å². The van der Waals surface area contributed by atoms with Crippen LogP contribution >= 0.6 is 0 Å². The first-order valence-corrected chi connectivity index (χ1v) is 8.12. The molecule has 108 valence electrons. The zero-order valence-corrected chi connectivity index (χ0v) is 11.9. The molecule has 1 aromatic rings. The van der Waals surface area contributed by atoms with Gasteiger partial charge >= 0.3 is 0 Å². The Hall–Kier alpha value is -1.14. The Kier molecular flexibility index (Phi) is 6.24. The number of halogens is 1. The number of benzene rings is 1. The van der Waals surface area contributed by atoms with Crippen LogP contribution in [-0.2, 0) is 16.3 Å². The molecule has 2 N–H and O–H groups in total. The van der Waals surface area contributed by atoms with Crippen molar-refractivity contribution >= 4 is 9.84 Å². The minimum atomic E-state index is -3.10. The zero-order valence-electron chi connectivity index (χ0n) is 11.1. The van der Waals surface area contributed by atoms with Crippen molar-refractivity contribution in [2.75, 3.05) is 24.7 Å². The molecule has 0 amide bonds. The Bertz CT molecular complexity index is 503. The van der Waals surface area contributed by atoms with Gasteiger partial charge in [-0.2, -0.15) is 0 Å². The highest BCUT2D eigenvalue weighted by atomic mass is 32.2. The maximum absolute atomic E-state index is 13.6. The predicted octanol–water partition coefficient (Wildman–Crippen LogP) is 1.53. The number of sulfone groups is 1. The summed E-state index contributed by atoms with van der Waals surface area (Å²) in [5.74, 6) is -0.370. The number of nitrogens with two attached hydrogens (primary N) is 1. The first-order chi connectivity index (χ1) is 8.98. The first kappa shape index (κ1) is 15.9. The van der Waals surface area contributed by atoms with Crippen molar-refractivity contribution in [3.8, 4) is 5.75 Å². The summed E-state index contributed by atoms with van der Waals surface area (Å²) in [5.41, 5.74) is 6.18. The Morgan fingerprint density at radius 2 is 2.05 bits per heavy atom. The number of hydrogen-bond acceptors (Lipinski definition) is 4. The molecule has 0 heterocycles. The molecule has 1 rings (SSSR count). The quantitative estimate of drug-likeness (QED) is 0.788. The summed E-state index contributed by atoms with van der Waals surface area (Å²) < 4.78 is 41.7. The van der Waals surface area contributed by atoms with Crippen LogP contribution in [-0.4, -0.2) is 33.1 Å². The topological polar surface area (TPSA) is 69.4 Å². The van der Waals surface area contributed by atoms with Crippen molar-refractivity contribution < 1.29 is 17.5 Å². The number of hydrogen-bond donors (Lipinski definition) is 1. The van der Waals surface area contributed by atoms with Gasteiger partial charge in [-0.15, -0.1) is 0 Å². The van der Waals surface area contributed by atoms with Crippen LogP contribution in [0.25, 0.3) is 0 Å². The predicted molar refractivity (Wildman–Crippen MR) is 73.6 cm³/mol. The summed E-state index contributed by atoms with van der Waals surface area (Å²) in [7, 11) is -3.10. The van der Waals surface area contributed by atoms with E-state index in [1.54, 1.807) is 13.0 Å². The lowest BCUT2D eigenvalue weighted by molar-refractivity contribution is 0.322. The fourth-order valence-electron chi connectivity index (χ4n) is 1.68. The van der Waals surface area contributed by atoms with Gasteiger partial charge in [0.1, 0.15) is 6.61 Å². The minimum absolute atomic E-state index is 0.0323. The molecule has 6 heteroatoms. The van der Waals surface area contributed by atoms with E-state index in [9.17, 15) is 12.8 Å². The summed E-state index contributed by atoms with van der Waals surface area (Å²) in [5, 5.41) is 0. The summed E-state index contributed by atoms with van der Waals surface area (Å²) >= 11 is 0. The largest absolute Gasteiger partial charge is 0.489 e. The highest BCUT2D eigenvalue weighted by molar-refractivity contribution is 7.91. The third-order valence-electron chi connectivity index (χ3n) is 2.60. The van der Waals surface area contributed by atoms with E-state index in [-0.39, 0.29) is 23.9 Å². The van der Waals surface area contributed by atoms with E-state index < -0.39 is 15.7 Å². The van der Waals surface area contributed by atoms with Gasteiger partial charge in [0.05, 0.1) is 11.5 Å². The van der Waals surface area contributed by atoms with Crippen molar-refractivity contribution in [3.05, 3.63) is 29.6 Å². The second-order valence-electron chi connectivity index (χ2n) is 4.30. The molecule has 0 saturated carbocycles. The fraction of sp³-hybridized carbons (Fsp3) is 0.538. The molecule has 0 unspecified atom stereocenters. The Labute approximate surface area is 113 Å². The van der Waals surface area contributed by atoms with Crippen LogP contribution in [0.15, 0.2) is 18.2 Å². The van der Waals surface area contributed by atoms with E-state index in [0.717, 1.165) is 5.56 Å². The standard InChI is InChI=1S/C13H20FNO3S/c1-2-8-19(16,17)9-7-18-13-4-3-11(5-6-15)10-12(13)14/h3-4,10H,2,5-9,15H2,1H3. The lowest BCUT2D eigenvalue weighted by Gasteiger charge is -2.08. The fourth-order valence-corrected chi connectivity index (χ4v) is 2.84. The SMILES string of the molecule is CCCS(=O)(=O)CCOc1ccc(CCN)cc1F. The van der Waals surface area contributed by atoms with Gasteiger partial charge in [-0.25, -0.2) is 12.8 Å². The Balaban J connectivity index is 2.54. The van der Waals surface area contributed by atoms with E-state index in [0.29, 0.717) is 19.4 Å². The van der Waals surface area contributed by atoms with Crippen molar-refractivity contribution in [3.63, 3.8) is 0 Å². The summed E-state index contributed by atoms with van der Waals surface area (Å²) in [4.78, 5) is 0. The monoisotopic (exact) mass is 289 g/mol. The van der Waals surface area contributed by atoms with Crippen LogP contribution < -0.4 is 10.5 Å².